The first-order valence-corrected chi connectivity index (χ1v) is 5.08. The lowest BCUT2D eigenvalue weighted by molar-refractivity contribution is -0.131. The van der Waals surface area contributed by atoms with E-state index in [1.807, 2.05) is 0 Å². The molecule has 0 spiro atoms. The summed E-state index contributed by atoms with van der Waals surface area (Å²) in [5, 5.41) is 11.0. The van der Waals surface area contributed by atoms with Crippen molar-refractivity contribution >= 4 is 12.1 Å². The Morgan fingerprint density at radius 1 is 1.44 bits per heavy atom. The highest BCUT2D eigenvalue weighted by atomic mass is 16.6. The van der Waals surface area contributed by atoms with Gasteiger partial charge in [-0.25, -0.2) is 9.59 Å². The summed E-state index contributed by atoms with van der Waals surface area (Å²) < 4.78 is 5.02. The van der Waals surface area contributed by atoms with Crippen LogP contribution >= 0.6 is 0 Å². The molecule has 0 aliphatic rings. The van der Waals surface area contributed by atoms with Crippen molar-refractivity contribution in [1.29, 1.82) is 0 Å². The molecule has 0 unspecified atom stereocenters. The lowest BCUT2D eigenvalue weighted by atomic mass is 10.1. The number of carbonyl (C=O) groups excluding carboxylic acids is 1. The highest BCUT2D eigenvalue weighted by Gasteiger charge is 2.15. The van der Waals surface area contributed by atoms with Crippen LogP contribution in [-0.4, -0.2) is 29.3 Å². The van der Waals surface area contributed by atoms with E-state index in [1.165, 1.54) is 6.08 Å². The second-order valence-electron chi connectivity index (χ2n) is 4.56. The van der Waals surface area contributed by atoms with Crippen molar-refractivity contribution in [3.8, 4) is 0 Å². The summed E-state index contributed by atoms with van der Waals surface area (Å²) in [5.74, 6) is -1.05. The number of carbonyl (C=O) groups is 2. The number of aliphatic carboxylic acids is 1. The molecule has 1 atom stereocenters. The number of hydrogen-bond donors (Lipinski definition) is 2. The van der Waals surface area contributed by atoms with Crippen LogP contribution in [0.1, 0.15) is 27.7 Å². The minimum absolute atomic E-state index is 0.0522. The van der Waals surface area contributed by atoms with Crippen molar-refractivity contribution in [2.75, 3.05) is 6.54 Å². The predicted molar refractivity (Wildman–Crippen MR) is 60.2 cm³/mol. The molecule has 0 aliphatic carbocycles. The summed E-state index contributed by atoms with van der Waals surface area (Å²) >= 11 is 0. The molecule has 0 aromatic carbocycles. The number of nitrogens with one attached hydrogen (secondary N) is 1. The van der Waals surface area contributed by atoms with Crippen molar-refractivity contribution in [3.05, 3.63) is 12.2 Å². The highest BCUT2D eigenvalue weighted by molar-refractivity contribution is 5.79. The first kappa shape index (κ1) is 14.5. The third-order valence-corrected chi connectivity index (χ3v) is 1.53. The minimum Gasteiger partial charge on any atom is -0.478 e. The van der Waals surface area contributed by atoms with Crippen molar-refractivity contribution in [2.45, 2.75) is 33.3 Å². The van der Waals surface area contributed by atoms with Crippen LogP contribution in [0.15, 0.2) is 12.2 Å². The molecule has 0 aromatic rings. The van der Waals surface area contributed by atoms with Gasteiger partial charge in [-0.05, 0) is 26.7 Å². The fourth-order valence-electron chi connectivity index (χ4n) is 0.873. The summed E-state index contributed by atoms with van der Waals surface area (Å²) in [7, 11) is 0. The number of rotatable bonds is 4. The molecule has 0 aliphatic heterocycles. The van der Waals surface area contributed by atoms with E-state index in [2.05, 4.69) is 5.32 Å². The Morgan fingerprint density at radius 3 is 2.44 bits per heavy atom. The summed E-state index contributed by atoms with van der Waals surface area (Å²) in [6.45, 7) is 7.48. The Bertz CT molecular complexity index is 278. The average Bonchev–Trinajstić information content (AvgIpc) is 2.08. The fourth-order valence-corrected chi connectivity index (χ4v) is 0.873. The number of alkyl carbamates (subject to hydrolysis) is 1. The molecule has 2 N–H and O–H groups in total. The van der Waals surface area contributed by atoms with Crippen LogP contribution in [0.25, 0.3) is 0 Å². The van der Waals surface area contributed by atoms with Gasteiger partial charge >= 0.3 is 12.1 Å². The van der Waals surface area contributed by atoms with Gasteiger partial charge in [-0.15, -0.1) is 0 Å². The lowest BCUT2D eigenvalue weighted by Crippen LogP contribution is -2.34. The zero-order valence-electron chi connectivity index (χ0n) is 10.1. The summed E-state index contributed by atoms with van der Waals surface area (Å²) in [6, 6.07) is 0. The highest BCUT2D eigenvalue weighted by Crippen LogP contribution is 2.06. The number of amides is 1. The normalized spacial score (nSPS) is 13.5. The molecule has 1 amide bonds. The molecule has 0 rings (SSSR count). The molecule has 0 bridgehead atoms. The summed E-state index contributed by atoms with van der Waals surface area (Å²) in [5.41, 5.74) is -0.524. The Kier molecular flexibility index (Phi) is 5.56. The molecule has 0 radical (unpaired) electrons. The van der Waals surface area contributed by atoms with Crippen molar-refractivity contribution in [1.82, 2.24) is 5.32 Å². The van der Waals surface area contributed by atoms with E-state index in [4.69, 9.17) is 9.84 Å². The number of hydrogen-bond acceptors (Lipinski definition) is 3. The van der Waals surface area contributed by atoms with Crippen LogP contribution in [-0.2, 0) is 9.53 Å². The Balaban J connectivity index is 3.88. The molecular formula is C11H19NO4. The van der Waals surface area contributed by atoms with E-state index in [-0.39, 0.29) is 5.92 Å². The van der Waals surface area contributed by atoms with E-state index >= 15 is 0 Å². The van der Waals surface area contributed by atoms with Gasteiger partial charge in [0.15, 0.2) is 0 Å². The second kappa shape index (κ2) is 6.15. The molecule has 5 nitrogen and oxygen atoms in total. The Labute approximate surface area is 95.5 Å². The summed E-state index contributed by atoms with van der Waals surface area (Å²) in [6.07, 6.45) is 2.07. The lowest BCUT2D eigenvalue weighted by Gasteiger charge is -2.20. The molecule has 0 saturated heterocycles. The monoisotopic (exact) mass is 229 g/mol. The molecule has 0 aromatic heterocycles. The molecule has 0 fully saturated rings. The molecule has 0 heterocycles. The molecule has 92 valence electrons. The number of ether oxygens (including phenoxy) is 1. The van der Waals surface area contributed by atoms with E-state index in [0.29, 0.717) is 6.54 Å². The Hall–Kier alpha value is -1.52. The minimum atomic E-state index is -0.996. The van der Waals surface area contributed by atoms with Crippen LogP contribution in [0.4, 0.5) is 4.79 Å². The zero-order valence-corrected chi connectivity index (χ0v) is 10.1. The van der Waals surface area contributed by atoms with Gasteiger partial charge in [-0.2, -0.15) is 0 Å². The van der Waals surface area contributed by atoms with Crippen molar-refractivity contribution in [3.63, 3.8) is 0 Å². The molecule has 5 heteroatoms. The smallest absolute Gasteiger partial charge is 0.407 e. The third kappa shape index (κ3) is 9.05. The van der Waals surface area contributed by atoms with E-state index in [0.717, 1.165) is 6.08 Å². The Morgan fingerprint density at radius 2 is 2.00 bits per heavy atom. The van der Waals surface area contributed by atoms with Crippen LogP contribution in [0.2, 0.25) is 0 Å². The number of carboxylic acids is 1. The van der Waals surface area contributed by atoms with Crippen LogP contribution in [0.3, 0.4) is 0 Å². The maximum Gasteiger partial charge on any atom is 0.407 e. The summed E-state index contributed by atoms with van der Waals surface area (Å²) in [4.78, 5) is 21.5. The predicted octanol–water partition coefficient (Wildman–Crippen LogP) is 1.79. The van der Waals surface area contributed by atoms with Gasteiger partial charge in [0.05, 0.1) is 0 Å². The second-order valence-corrected chi connectivity index (χ2v) is 4.56. The zero-order chi connectivity index (χ0) is 12.8. The maximum absolute atomic E-state index is 11.2. The largest absolute Gasteiger partial charge is 0.478 e. The van der Waals surface area contributed by atoms with Gasteiger partial charge in [0.1, 0.15) is 5.60 Å². The van der Waals surface area contributed by atoms with Gasteiger partial charge < -0.3 is 15.2 Å². The van der Waals surface area contributed by atoms with Gasteiger partial charge in [-0.1, -0.05) is 13.0 Å². The van der Waals surface area contributed by atoms with Crippen molar-refractivity contribution in [2.24, 2.45) is 5.92 Å². The van der Waals surface area contributed by atoms with Crippen LogP contribution < -0.4 is 5.32 Å². The maximum atomic E-state index is 11.2. The molecule has 0 saturated carbocycles. The van der Waals surface area contributed by atoms with Gasteiger partial charge in [0.25, 0.3) is 0 Å². The quantitative estimate of drug-likeness (QED) is 0.720. The van der Waals surface area contributed by atoms with E-state index < -0.39 is 17.7 Å². The molecule has 16 heavy (non-hydrogen) atoms. The van der Waals surface area contributed by atoms with Gasteiger partial charge in [0.2, 0.25) is 0 Å². The SMILES string of the molecule is C[C@@H](/C=C/C(=O)O)CNC(=O)OC(C)(C)C. The fraction of sp³-hybridized carbons (Fsp3) is 0.636. The van der Waals surface area contributed by atoms with Crippen LogP contribution in [0, 0.1) is 5.92 Å². The van der Waals surface area contributed by atoms with Crippen LogP contribution in [0.5, 0.6) is 0 Å². The topological polar surface area (TPSA) is 75.6 Å². The molecular weight excluding hydrogens is 210 g/mol. The third-order valence-electron chi connectivity index (χ3n) is 1.53. The first-order chi connectivity index (χ1) is 7.20. The first-order valence-electron chi connectivity index (χ1n) is 5.08. The average molecular weight is 229 g/mol. The van der Waals surface area contributed by atoms with Crippen molar-refractivity contribution < 1.29 is 19.4 Å². The van der Waals surface area contributed by atoms with E-state index in [9.17, 15) is 9.59 Å². The van der Waals surface area contributed by atoms with Gasteiger partial charge in [0, 0.05) is 12.6 Å². The van der Waals surface area contributed by atoms with E-state index in [1.54, 1.807) is 27.7 Å². The van der Waals surface area contributed by atoms with Gasteiger partial charge in [-0.3, -0.25) is 0 Å². The number of carboxylic acid groups (broad SMARTS) is 1. The standard InChI is InChI=1S/C11H19NO4/c1-8(5-6-9(13)14)7-12-10(15)16-11(2,3)4/h5-6,8H,7H2,1-4H3,(H,12,15)(H,13,14)/b6-5+/t8-/m0/s1.